The van der Waals surface area contributed by atoms with Crippen LogP contribution in [-0.2, 0) is 0 Å². The van der Waals surface area contributed by atoms with Gasteiger partial charge < -0.3 is 5.41 Å². The van der Waals surface area contributed by atoms with Gasteiger partial charge in [0, 0.05) is 6.21 Å². The normalized spacial score (nSPS) is 10.6. The molecule has 0 fully saturated rings. The number of hydrogen-bond donors (Lipinski definition) is 1. The number of allylic oxidation sites excluding steroid dienone is 5. The molecule has 0 aromatic heterocycles. The van der Waals surface area contributed by atoms with E-state index >= 15 is 0 Å². The third-order valence-corrected chi connectivity index (χ3v) is 1.41. The first-order valence-electron chi connectivity index (χ1n) is 3.60. The lowest BCUT2D eigenvalue weighted by Gasteiger charge is -1.97. The lowest BCUT2D eigenvalue weighted by Crippen LogP contribution is -1.80. The Hall–Kier alpha value is -1.11. The third-order valence-electron chi connectivity index (χ3n) is 1.41. The topological polar surface area (TPSA) is 23.9 Å². The Morgan fingerprint density at radius 2 is 1.82 bits per heavy atom. The molecule has 0 rings (SSSR count). The summed E-state index contributed by atoms with van der Waals surface area (Å²) in [7, 11) is 0. The fraction of sp³-hybridized carbons (Fsp3) is 0.300. The molecule has 0 aliphatic rings. The summed E-state index contributed by atoms with van der Waals surface area (Å²) in [6.45, 7) is 9.66. The zero-order valence-corrected chi connectivity index (χ0v) is 7.44. The third kappa shape index (κ3) is 3.56. The Morgan fingerprint density at radius 1 is 1.27 bits per heavy atom. The maximum atomic E-state index is 6.97. The summed E-state index contributed by atoms with van der Waals surface area (Å²) in [6, 6.07) is 0. The highest BCUT2D eigenvalue weighted by atomic mass is 14.3. The van der Waals surface area contributed by atoms with Crippen molar-refractivity contribution in [2.45, 2.75) is 20.8 Å². The molecular weight excluding hydrogens is 134 g/mol. The van der Waals surface area contributed by atoms with Gasteiger partial charge in [0.05, 0.1) is 0 Å². The van der Waals surface area contributed by atoms with Crippen LogP contribution in [0, 0.1) is 5.41 Å². The van der Waals surface area contributed by atoms with Gasteiger partial charge in [-0.25, -0.2) is 0 Å². The summed E-state index contributed by atoms with van der Waals surface area (Å²) in [5, 5.41) is 6.97. The Labute approximate surface area is 68.6 Å². The molecule has 0 amide bonds. The summed E-state index contributed by atoms with van der Waals surface area (Å²) < 4.78 is 0. The second kappa shape index (κ2) is 4.67. The molecule has 1 heteroatoms. The van der Waals surface area contributed by atoms with E-state index < -0.39 is 0 Å². The summed E-state index contributed by atoms with van der Waals surface area (Å²) in [4.78, 5) is 0. The smallest absolute Gasteiger partial charge is 0.0207 e. The Balaban J connectivity index is 4.71. The minimum atomic E-state index is 0.945. The van der Waals surface area contributed by atoms with Gasteiger partial charge in [0.2, 0.25) is 0 Å². The highest BCUT2D eigenvalue weighted by Crippen LogP contribution is 2.07. The molecule has 0 aromatic rings. The average molecular weight is 149 g/mol. The maximum absolute atomic E-state index is 6.97. The second-order valence-corrected chi connectivity index (χ2v) is 2.69. The molecule has 0 radical (unpaired) electrons. The van der Waals surface area contributed by atoms with Crippen LogP contribution in [0.1, 0.15) is 20.8 Å². The largest absolute Gasteiger partial charge is 0.308 e. The number of rotatable bonds is 3. The molecule has 0 aliphatic carbocycles. The van der Waals surface area contributed by atoms with Crippen LogP contribution >= 0.6 is 0 Å². The van der Waals surface area contributed by atoms with Crippen molar-refractivity contribution < 1.29 is 0 Å². The molecule has 1 nitrogen and oxygen atoms in total. The Bertz CT molecular complexity index is 215. The molecule has 60 valence electrons. The van der Waals surface area contributed by atoms with Crippen molar-refractivity contribution in [3.63, 3.8) is 0 Å². The standard InChI is InChI=1S/C10H15N/c1-5-10(8(2)3)6-9(4)7-11/h5-7,11H,1H2,2-4H3/b9-6-,11-7?. The van der Waals surface area contributed by atoms with Gasteiger partial charge >= 0.3 is 0 Å². The van der Waals surface area contributed by atoms with E-state index in [-0.39, 0.29) is 0 Å². The molecule has 0 saturated carbocycles. The highest BCUT2D eigenvalue weighted by Gasteiger charge is 1.89. The van der Waals surface area contributed by atoms with Gasteiger partial charge in [0.15, 0.2) is 0 Å². The van der Waals surface area contributed by atoms with Crippen molar-refractivity contribution in [1.29, 1.82) is 5.41 Å². The van der Waals surface area contributed by atoms with Gasteiger partial charge in [-0.2, -0.15) is 0 Å². The predicted octanol–water partition coefficient (Wildman–Crippen LogP) is 3.10. The van der Waals surface area contributed by atoms with E-state index in [0.717, 1.165) is 11.1 Å². The monoisotopic (exact) mass is 149 g/mol. The van der Waals surface area contributed by atoms with Crippen molar-refractivity contribution >= 4 is 6.21 Å². The maximum Gasteiger partial charge on any atom is 0.0207 e. The van der Waals surface area contributed by atoms with Gasteiger partial charge in [-0.05, 0) is 31.9 Å². The molecular formula is C10H15N. The Kier molecular flexibility index (Phi) is 4.20. The molecule has 11 heavy (non-hydrogen) atoms. The van der Waals surface area contributed by atoms with Crippen molar-refractivity contribution in [3.8, 4) is 0 Å². The summed E-state index contributed by atoms with van der Waals surface area (Å²) in [5.74, 6) is 0. The zero-order valence-electron chi connectivity index (χ0n) is 7.44. The lowest BCUT2D eigenvalue weighted by atomic mass is 10.1. The SMILES string of the molecule is C=CC(/C=C(/C)C=N)=C(C)C. The van der Waals surface area contributed by atoms with Crippen LogP contribution in [0.3, 0.4) is 0 Å². The van der Waals surface area contributed by atoms with E-state index in [9.17, 15) is 0 Å². The zero-order chi connectivity index (χ0) is 8.85. The number of nitrogens with one attached hydrogen (secondary N) is 1. The first-order valence-corrected chi connectivity index (χ1v) is 3.60. The molecule has 0 saturated heterocycles. The van der Waals surface area contributed by atoms with Gasteiger partial charge in [-0.15, -0.1) is 0 Å². The minimum absolute atomic E-state index is 0.945. The quantitative estimate of drug-likeness (QED) is 0.471. The first-order chi connectivity index (χ1) is 5.11. The highest BCUT2D eigenvalue weighted by molar-refractivity contribution is 5.76. The van der Waals surface area contributed by atoms with E-state index in [0.29, 0.717) is 0 Å². The summed E-state index contributed by atoms with van der Waals surface area (Å²) in [6.07, 6.45) is 5.10. The van der Waals surface area contributed by atoms with E-state index in [1.807, 2.05) is 32.9 Å². The van der Waals surface area contributed by atoms with Gasteiger partial charge in [-0.1, -0.05) is 24.3 Å². The molecule has 0 spiro atoms. The van der Waals surface area contributed by atoms with Crippen LogP contribution in [0.4, 0.5) is 0 Å². The molecule has 0 aliphatic heterocycles. The molecule has 0 bridgehead atoms. The van der Waals surface area contributed by atoms with Crippen molar-refractivity contribution in [3.05, 3.63) is 35.5 Å². The van der Waals surface area contributed by atoms with Crippen molar-refractivity contribution in [2.75, 3.05) is 0 Å². The van der Waals surface area contributed by atoms with Crippen LogP contribution in [-0.4, -0.2) is 6.21 Å². The van der Waals surface area contributed by atoms with Crippen LogP contribution in [0.15, 0.2) is 35.5 Å². The predicted molar refractivity (Wildman–Crippen MR) is 51.1 cm³/mol. The van der Waals surface area contributed by atoms with E-state index in [2.05, 4.69) is 6.58 Å². The lowest BCUT2D eigenvalue weighted by molar-refractivity contribution is 1.33. The van der Waals surface area contributed by atoms with Crippen LogP contribution in [0.25, 0.3) is 0 Å². The average Bonchev–Trinajstić information content (AvgIpc) is 1.99. The van der Waals surface area contributed by atoms with Crippen molar-refractivity contribution in [1.82, 2.24) is 0 Å². The van der Waals surface area contributed by atoms with E-state index in [1.54, 1.807) is 0 Å². The van der Waals surface area contributed by atoms with E-state index in [4.69, 9.17) is 5.41 Å². The second-order valence-electron chi connectivity index (χ2n) is 2.69. The van der Waals surface area contributed by atoms with Crippen molar-refractivity contribution in [2.24, 2.45) is 0 Å². The first kappa shape index (κ1) is 9.89. The van der Waals surface area contributed by atoms with Gasteiger partial charge in [-0.3, -0.25) is 0 Å². The molecule has 0 aromatic carbocycles. The molecule has 0 atom stereocenters. The molecule has 0 heterocycles. The van der Waals surface area contributed by atoms with Gasteiger partial charge in [0.25, 0.3) is 0 Å². The molecule has 0 unspecified atom stereocenters. The fourth-order valence-corrected chi connectivity index (χ4v) is 0.694. The Morgan fingerprint density at radius 3 is 2.09 bits per heavy atom. The van der Waals surface area contributed by atoms with Crippen LogP contribution < -0.4 is 0 Å². The minimum Gasteiger partial charge on any atom is -0.308 e. The van der Waals surface area contributed by atoms with Crippen LogP contribution in [0.5, 0.6) is 0 Å². The molecule has 1 N–H and O–H groups in total. The van der Waals surface area contributed by atoms with Crippen LogP contribution in [0.2, 0.25) is 0 Å². The number of hydrogen-bond acceptors (Lipinski definition) is 1. The summed E-state index contributed by atoms with van der Waals surface area (Å²) in [5.41, 5.74) is 3.27. The van der Waals surface area contributed by atoms with E-state index in [1.165, 1.54) is 11.8 Å². The summed E-state index contributed by atoms with van der Waals surface area (Å²) >= 11 is 0. The van der Waals surface area contributed by atoms with Gasteiger partial charge in [0.1, 0.15) is 0 Å². The fourth-order valence-electron chi connectivity index (χ4n) is 0.694.